The van der Waals surface area contributed by atoms with E-state index in [4.69, 9.17) is 18.6 Å². The van der Waals surface area contributed by atoms with Crippen molar-refractivity contribution < 1.29 is 28.5 Å². The first-order valence-electron chi connectivity index (χ1n) is 10.6. The lowest BCUT2D eigenvalue weighted by atomic mass is 10.0. The number of hydrogen-bond donors (Lipinski definition) is 2. The lowest BCUT2D eigenvalue weighted by molar-refractivity contribution is 0.0994. The third-order valence-electron chi connectivity index (χ3n) is 5.41. The van der Waals surface area contributed by atoms with Crippen molar-refractivity contribution in [2.24, 2.45) is 0 Å². The second-order valence-electron chi connectivity index (χ2n) is 7.51. The zero-order valence-electron chi connectivity index (χ0n) is 19.1. The quantitative estimate of drug-likeness (QED) is 0.337. The van der Waals surface area contributed by atoms with E-state index in [1.54, 1.807) is 63.8 Å². The smallest absolute Gasteiger partial charge is 0.291 e. The van der Waals surface area contributed by atoms with Crippen LogP contribution in [0.25, 0.3) is 11.1 Å². The minimum Gasteiger partial charge on any atom is -0.506 e. The van der Waals surface area contributed by atoms with Gasteiger partial charge in [-0.1, -0.05) is 36.4 Å². The molecule has 2 N–H and O–H groups in total. The molecule has 0 atom stereocenters. The van der Waals surface area contributed by atoms with Gasteiger partial charge < -0.3 is 29.1 Å². The largest absolute Gasteiger partial charge is 0.506 e. The molecule has 1 amide bonds. The molecule has 3 aromatic carbocycles. The molecule has 4 rings (SSSR count). The van der Waals surface area contributed by atoms with Gasteiger partial charge in [0.05, 0.1) is 27.0 Å². The number of phenolic OH excluding ortho intramolecular Hbond substituents is 1. The number of benzene rings is 3. The van der Waals surface area contributed by atoms with Crippen LogP contribution in [-0.2, 0) is 6.42 Å². The fourth-order valence-electron chi connectivity index (χ4n) is 3.65. The van der Waals surface area contributed by atoms with Gasteiger partial charge in [0, 0.05) is 24.1 Å². The highest BCUT2D eigenvalue weighted by Gasteiger charge is 2.18. The highest BCUT2D eigenvalue weighted by Crippen LogP contribution is 2.36. The minimum atomic E-state index is -0.472. The van der Waals surface area contributed by atoms with Crippen molar-refractivity contribution in [2.75, 3.05) is 26.6 Å². The number of hydrogen-bond acceptors (Lipinski definition) is 6. The molecule has 0 spiro atoms. The van der Waals surface area contributed by atoms with Crippen molar-refractivity contribution >= 4 is 11.6 Å². The molecule has 0 aliphatic carbocycles. The number of rotatable bonds is 8. The van der Waals surface area contributed by atoms with Crippen molar-refractivity contribution in [3.8, 4) is 34.1 Å². The normalized spacial score (nSPS) is 10.6. The molecule has 0 unspecified atom stereocenters. The molecule has 0 fully saturated rings. The first-order valence-corrected chi connectivity index (χ1v) is 10.6. The van der Waals surface area contributed by atoms with Crippen LogP contribution in [0.5, 0.6) is 23.0 Å². The molecule has 0 aliphatic rings. The standard InChI is InChI=1S/C27H25NO6/c1-31-20-15-25(32-2)21(26(16-20)33-3)14-19-10-12-24(34-19)27(30)28-22-13-18(9-11-23(22)29)17-7-5-4-6-8-17/h4-13,15-16,29H,14H2,1-3H3,(H,28,30). The van der Waals surface area contributed by atoms with Crippen LogP contribution in [-0.4, -0.2) is 32.3 Å². The molecular formula is C27H25NO6. The van der Waals surface area contributed by atoms with Crippen LogP contribution in [0.2, 0.25) is 0 Å². The van der Waals surface area contributed by atoms with Crippen molar-refractivity contribution in [1.82, 2.24) is 0 Å². The number of carbonyl (C=O) groups is 1. The third kappa shape index (κ3) is 4.83. The number of ether oxygens (including phenoxy) is 3. The van der Waals surface area contributed by atoms with Crippen LogP contribution in [0.3, 0.4) is 0 Å². The third-order valence-corrected chi connectivity index (χ3v) is 5.41. The summed E-state index contributed by atoms with van der Waals surface area (Å²) in [6.07, 6.45) is 0.346. The van der Waals surface area contributed by atoms with Gasteiger partial charge >= 0.3 is 0 Å². The molecule has 7 heteroatoms. The molecule has 0 aliphatic heterocycles. The summed E-state index contributed by atoms with van der Waals surface area (Å²) in [5, 5.41) is 13.0. The summed E-state index contributed by atoms with van der Waals surface area (Å²) in [5.41, 5.74) is 2.90. The highest BCUT2D eigenvalue weighted by molar-refractivity contribution is 6.03. The number of methoxy groups -OCH3 is 3. The number of anilines is 1. The fourth-order valence-corrected chi connectivity index (χ4v) is 3.65. The van der Waals surface area contributed by atoms with E-state index in [0.717, 1.165) is 16.7 Å². The molecule has 0 bridgehead atoms. The molecule has 1 aromatic heterocycles. The lowest BCUT2D eigenvalue weighted by Crippen LogP contribution is -2.11. The van der Waals surface area contributed by atoms with E-state index in [2.05, 4.69) is 5.32 Å². The van der Waals surface area contributed by atoms with Crippen LogP contribution in [0, 0.1) is 0 Å². The van der Waals surface area contributed by atoms with Gasteiger partial charge in [-0.2, -0.15) is 0 Å². The Morgan fingerprint density at radius 1 is 0.853 bits per heavy atom. The van der Waals surface area contributed by atoms with Crippen molar-refractivity contribution in [1.29, 1.82) is 0 Å². The molecule has 0 saturated heterocycles. The van der Waals surface area contributed by atoms with Gasteiger partial charge in [0.15, 0.2) is 5.76 Å². The van der Waals surface area contributed by atoms with Crippen LogP contribution in [0.1, 0.15) is 21.9 Å². The summed E-state index contributed by atoms with van der Waals surface area (Å²) < 4.78 is 22.1. The summed E-state index contributed by atoms with van der Waals surface area (Å²) in [6.45, 7) is 0. The van der Waals surface area contributed by atoms with Crippen LogP contribution in [0.15, 0.2) is 77.2 Å². The SMILES string of the molecule is COc1cc(OC)c(Cc2ccc(C(=O)Nc3cc(-c4ccccc4)ccc3O)o2)c(OC)c1. The Morgan fingerprint density at radius 3 is 2.21 bits per heavy atom. The van der Waals surface area contributed by atoms with E-state index in [9.17, 15) is 9.90 Å². The molecule has 174 valence electrons. The maximum atomic E-state index is 12.8. The lowest BCUT2D eigenvalue weighted by Gasteiger charge is -2.14. The topological polar surface area (TPSA) is 90.2 Å². The van der Waals surface area contributed by atoms with Crippen molar-refractivity contribution in [2.45, 2.75) is 6.42 Å². The van der Waals surface area contributed by atoms with Gasteiger partial charge in [0.1, 0.15) is 28.8 Å². The monoisotopic (exact) mass is 459 g/mol. The Labute approximate surface area is 197 Å². The molecular weight excluding hydrogens is 434 g/mol. The first-order chi connectivity index (χ1) is 16.5. The summed E-state index contributed by atoms with van der Waals surface area (Å²) in [6, 6.07) is 21.6. The number of nitrogens with one attached hydrogen (secondary N) is 1. The highest BCUT2D eigenvalue weighted by atomic mass is 16.5. The Kier molecular flexibility index (Phi) is 6.73. The maximum Gasteiger partial charge on any atom is 0.291 e. The number of aromatic hydroxyl groups is 1. The van der Waals surface area contributed by atoms with Crippen LogP contribution >= 0.6 is 0 Å². The van der Waals surface area contributed by atoms with Gasteiger partial charge in [-0.05, 0) is 35.4 Å². The van der Waals surface area contributed by atoms with Gasteiger partial charge in [-0.3, -0.25) is 4.79 Å². The average Bonchev–Trinajstić information content (AvgIpc) is 3.34. The maximum absolute atomic E-state index is 12.8. The van der Waals surface area contributed by atoms with E-state index >= 15 is 0 Å². The predicted octanol–water partition coefficient (Wildman–Crippen LogP) is 5.52. The summed E-state index contributed by atoms with van der Waals surface area (Å²) in [4.78, 5) is 12.8. The second-order valence-corrected chi connectivity index (χ2v) is 7.51. The van der Waals surface area contributed by atoms with Gasteiger partial charge in [-0.25, -0.2) is 0 Å². The summed E-state index contributed by atoms with van der Waals surface area (Å²) in [5.74, 6) is 1.94. The Balaban J connectivity index is 1.54. The van der Waals surface area contributed by atoms with E-state index in [1.807, 2.05) is 30.3 Å². The van der Waals surface area contributed by atoms with Crippen molar-refractivity contribution in [3.63, 3.8) is 0 Å². The van der Waals surface area contributed by atoms with E-state index < -0.39 is 5.91 Å². The number of phenols is 1. The zero-order chi connectivity index (χ0) is 24.1. The molecule has 1 heterocycles. The molecule has 34 heavy (non-hydrogen) atoms. The summed E-state index contributed by atoms with van der Waals surface area (Å²) in [7, 11) is 4.70. The van der Waals surface area contributed by atoms with E-state index in [-0.39, 0.29) is 11.5 Å². The van der Waals surface area contributed by atoms with Crippen molar-refractivity contribution in [3.05, 3.63) is 89.9 Å². The van der Waals surface area contributed by atoms with Gasteiger partial charge in [0.2, 0.25) is 0 Å². The zero-order valence-corrected chi connectivity index (χ0v) is 19.1. The molecule has 0 radical (unpaired) electrons. The van der Waals surface area contributed by atoms with Crippen LogP contribution < -0.4 is 19.5 Å². The fraction of sp³-hybridized carbons (Fsp3) is 0.148. The van der Waals surface area contributed by atoms with E-state index in [1.165, 1.54) is 0 Å². The minimum absolute atomic E-state index is 0.0347. The molecule has 4 aromatic rings. The molecule has 7 nitrogen and oxygen atoms in total. The average molecular weight is 459 g/mol. The number of amides is 1. The Hall–Kier alpha value is -4.39. The number of furan rings is 1. The Morgan fingerprint density at radius 2 is 1.56 bits per heavy atom. The number of carbonyl (C=O) groups excluding carboxylic acids is 1. The van der Waals surface area contributed by atoms with Gasteiger partial charge in [-0.15, -0.1) is 0 Å². The van der Waals surface area contributed by atoms with Crippen LogP contribution in [0.4, 0.5) is 5.69 Å². The summed E-state index contributed by atoms with van der Waals surface area (Å²) >= 11 is 0. The first kappa shape index (κ1) is 22.8. The van der Waals surface area contributed by atoms with E-state index in [0.29, 0.717) is 35.1 Å². The van der Waals surface area contributed by atoms with Gasteiger partial charge in [0.25, 0.3) is 5.91 Å². The predicted molar refractivity (Wildman–Crippen MR) is 129 cm³/mol. The second kappa shape index (κ2) is 10.0. The molecule has 0 saturated carbocycles. The Bertz CT molecular complexity index is 1270.